The first-order valence-electron chi connectivity index (χ1n) is 5.91. The quantitative estimate of drug-likeness (QED) is 0.843. The standard InChI is InChI=1S/C14H13BrFNO4/c1-17-7-12(9(15)6-13(17)18)21-14-10(19-2)4-8(16)5-11(14)20-3/h4-7H,1-3H3. The Morgan fingerprint density at radius 3 is 2.19 bits per heavy atom. The smallest absolute Gasteiger partial charge is 0.251 e. The van der Waals surface area contributed by atoms with Crippen LogP contribution in [0.25, 0.3) is 0 Å². The van der Waals surface area contributed by atoms with Gasteiger partial charge in [0.25, 0.3) is 5.56 Å². The van der Waals surface area contributed by atoms with Gasteiger partial charge in [-0.2, -0.15) is 0 Å². The van der Waals surface area contributed by atoms with Crippen LogP contribution in [0, 0.1) is 5.82 Å². The topological polar surface area (TPSA) is 49.7 Å². The molecule has 0 radical (unpaired) electrons. The number of methoxy groups -OCH3 is 2. The van der Waals surface area contributed by atoms with Gasteiger partial charge in [-0.25, -0.2) is 4.39 Å². The average Bonchev–Trinajstić information content (AvgIpc) is 2.45. The number of hydrogen-bond donors (Lipinski definition) is 0. The zero-order valence-electron chi connectivity index (χ0n) is 11.6. The van der Waals surface area contributed by atoms with E-state index in [1.54, 1.807) is 7.05 Å². The molecule has 0 atom stereocenters. The second kappa shape index (κ2) is 6.17. The Morgan fingerprint density at radius 1 is 1.10 bits per heavy atom. The van der Waals surface area contributed by atoms with Crippen molar-refractivity contribution in [2.75, 3.05) is 14.2 Å². The summed E-state index contributed by atoms with van der Waals surface area (Å²) in [5.74, 6) is 0.469. The monoisotopic (exact) mass is 357 g/mol. The maximum absolute atomic E-state index is 13.4. The van der Waals surface area contributed by atoms with E-state index in [1.165, 1.54) is 43.2 Å². The minimum absolute atomic E-state index is 0.188. The lowest BCUT2D eigenvalue weighted by Crippen LogP contribution is -2.14. The zero-order valence-corrected chi connectivity index (χ0v) is 13.2. The lowest BCUT2D eigenvalue weighted by molar-refractivity contribution is 0.340. The molecule has 21 heavy (non-hydrogen) atoms. The highest BCUT2D eigenvalue weighted by Gasteiger charge is 2.17. The van der Waals surface area contributed by atoms with Crippen LogP contribution in [-0.4, -0.2) is 18.8 Å². The molecule has 0 aliphatic carbocycles. The Kier molecular flexibility index (Phi) is 4.52. The Bertz CT molecular complexity index is 704. The minimum atomic E-state index is -0.504. The van der Waals surface area contributed by atoms with Crippen LogP contribution >= 0.6 is 15.9 Å². The van der Waals surface area contributed by atoms with Crippen molar-refractivity contribution in [2.24, 2.45) is 7.05 Å². The molecular formula is C14H13BrFNO4. The van der Waals surface area contributed by atoms with Crippen LogP contribution in [0.15, 0.2) is 33.7 Å². The van der Waals surface area contributed by atoms with E-state index in [0.717, 1.165) is 0 Å². The molecule has 0 bridgehead atoms. The molecule has 0 N–H and O–H groups in total. The average molecular weight is 358 g/mol. The highest BCUT2D eigenvalue weighted by molar-refractivity contribution is 9.10. The third kappa shape index (κ3) is 3.18. The van der Waals surface area contributed by atoms with E-state index in [9.17, 15) is 9.18 Å². The van der Waals surface area contributed by atoms with E-state index in [0.29, 0.717) is 10.2 Å². The molecule has 0 spiro atoms. The molecule has 2 rings (SSSR count). The molecule has 0 saturated carbocycles. The first kappa shape index (κ1) is 15.4. The Morgan fingerprint density at radius 2 is 1.67 bits per heavy atom. The van der Waals surface area contributed by atoms with Crippen molar-refractivity contribution < 1.29 is 18.6 Å². The van der Waals surface area contributed by atoms with Gasteiger partial charge in [-0.05, 0) is 15.9 Å². The fraction of sp³-hybridized carbons (Fsp3) is 0.214. The predicted molar refractivity (Wildman–Crippen MR) is 79.0 cm³/mol. The normalized spacial score (nSPS) is 10.3. The van der Waals surface area contributed by atoms with Gasteiger partial charge in [0.05, 0.1) is 24.9 Å². The Labute approximate surface area is 129 Å². The second-order valence-electron chi connectivity index (χ2n) is 4.18. The molecule has 0 saturated heterocycles. The van der Waals surface area contributed by atoms with Gasteiger partial charge < -0.3 is 18.8 Å². The van der Waals surface area contributed by atoms with Crippen molar-refractivity contribution in [1.82, 2.24) is 4.57 Å². The molecule has 112 valence electrons. The molecule has 1 aromatic carbocycles. The summed E-state index contributed by atoms with van der Waals surface area (Å²) >= 11 is 3.25. The molecule has 0 fully saturated rings. The molecule has 1 aromatic heterocycles. The summed E-state index contributed by atoms with van der Waals surface area (Å²) in [6, 6.07) is 3.75. The molecule has 0 amide bonds. The molecule has 2 aromatic rings. The number of nitrogens with zero attached hydrogens (tertiary/aromatic N) is 1. The van der Waals surface area contributed by atoms with Crippen molar-refractivity contribution in [2.45, 2.75) is 0 Å². The predicted octanol–water partition coefficient (Wildman–Crippen LogP) is 3.10. The van der Waals surface area contributed by atoms with Crippen LogP contribution in [0.5, 0.6) is 23.0 Å². The van der Waals surface area contributed by atoms with Gasteiger partial charge in [-0.15, -0.1) is 0 Å². The van der Waals surface area contributed by atoms with Gasteiger partial charge in [0.15, 0.2) is 17.2 Å². The summed E-state index contributed by atoms with van der Waals surface area (Å²) in [5, 5.41) is 0. The van der Waals surface area contributed by atoms with E-state index in [1.807, 2.05) is 0 Å². The molecule has 7 heteroatoms. The summed E-state index contributed by atoms with van der Waals surface area (Å²) < 4.78 is 31.2. The summed E-state index contributed by atoms with van der Waals surface area (Å²) in [7, 11) is 4.40. The lowest BCUT2D eigenvalue weighted by atomic mass is 10.3. The largest absolute Gasteiger partial charge is 0.493 e. The van der Waals surface area contributed by atoms with Gasteiger partial charge in [0, 0.05) is 25.2 Å². The first-order valence-corrected chi connectivity index (χ1v) is 6.71. The number of rotatable bonds is 4. The van der Waals surface area contributed by atoms with Crippen LogP contribution < -0.4 is 19.8 Å². The molecule has 5 nitrogen and oxygen atoms in total. The fourth-order valence-corrected chi connectivity index (χ4v) is 2.10. The molecule has 1 heterocycles. The Hall–Kier alpha value is -2.02. The number of aromatic nitrogens is 1. The number of ether oxygens (including phenoxy) is 3. The van der Waals surface area contributed by atoms with Crippen molar-refractivity contribution in [3.63, 3.8) is 0 Å². The zero-order chi connectivity index (χ0) is 15.6. The van der Waals surface area contributed by atoms with Crippen LogP contribution in [0.2, 0.25) is 0 Å². The second-order valence-corrected chi connectivity index (χ2v) is 5.03. The third-order valence-electron chi connectivity index (χ3n) is 2.78. The maximum atomic E-state index is 13.4. The minimum Gasteiger partial charge on any atom is -0.493 e. The van der Waals surface area contributed by atoms with Gasteiger partial charge in [0.1, 0.15) is 5.82 Å². The van der Waals surface area contributed by atoms with Crippen molar-refractivity contribution in [1.29, 1.82) is 0 Å². The van der Waals surface area contributed by atoms with Gasteiger partial charge in [-0.3, -0.25) is 4.79 Å². The number of halogens is 2. The van der Waals surface area contributed by atoms with Crippen LogP contribution in [0.1, 0.15) is 0 Å². The number of benzene rings is 1. The maximum Gasteiger partial charge on any atom is 0.251 e. The summed E-state index contributed by atoms with van der Waals surface area (Å²) in [6.45, 7) is 0. The number of pyridine rings is 1. The summed E-state index contributed by atoms with van der Waals surface area (Å²) in [4.78, 5) is 11.5. The van der Waals surface area contributed by atoms with E-state index in [-0.39, 0.29) is 22.8 Å². The van der Waals surface area contributed by atoms with Gasteiger partial charge >= 0.3 is 0 Å². The highest BCUT2D eigenvalue weighted by Crippen LogP contribution is 2.42. The van der Waals surface area contributed by atoms with Crippen LogP contribution in [0.3, 0.4) is 0 Å². The molecule has 0 aliphatic heterocycles. The number of hydrogen-bond acceptors (Lipinski definition) is 4. The molecule has 0 unspecified atom stereocenters. The SMILES string of the molecule is COc1cc(F)cc(OC)c1Oc1cn(C)c(=O)cc1Br. The summed E-state index contributed by atoms with van der Waals surface area (Å²) in [5.41, 5.74) is -0.188. The van der Waals surface area contributed by atoms with Crippen molar-refractivity contribution in [3.05, 3.63) is 45.0 Å². The van der Waals surface area contributed by atoms with E-state index < -0.39 is 5.82 Å². The third-order valence-corrected chi connectivity index (χ3v) is 3.40. The molecular weight excluding hydrogens is 345 g/mol. The highest BCUT2D eigenvalue weighted by atomic mass is 79.9. The lowest BCUT2D eigenvalue weighted by Gasteiger charge is -2.15. The van der Waals surface area contributed by atoms with E-state index in [4.69, 9.17) is 14.2 Å². The number of aryl methyl sites for hydroxylation is 1. The van der Waals surface area contributed by atoms with Gasteiger partial charge in [0.2, 0.25) is 5.75 Å². The van der Waals surface area contributed by atoms with E-state index in [2.05, 4.69) is 15.9 Å². The van der Waals surface area contributed by atoms with Crippen molar-refractivity contribution in [3.8, 4) is 23.0 Å². The van der Waals surface area contributed by atoms with Crippen LogP contribution in [-0.2, 0) is 7.05 Å². The first-order chi connectivity index (χ1) is 9.96. The summed E-state index contributed by atoms with van der Waals surface area (Å²) in [6.07, 6.45) is 1.51. The fourth-order valence-electron chi connectivity index (χ4n) is 1.72. The van der Waals surface area contributed by atoms with Crippen LogP contribution in [0.4, 0.5) is 4.39 Å². The van der Waals surface area contributed by atoms with Crippen molar-refractivity contribution >= 4 is 15.9 Å². The van der Waals surface area contributed by atoms with E-state index >= 15 is 0 Å². The molecule has 0 aliphatic rings. The Balaban J connectivity index is 2.53. The van der Waals surface area contributed by atoms with Gasteiger partial charge in [-0.1, -0.05) is 0 Å².